The summed E-state index contributed by atoms with van der Waals surface area (Å²) in [6, 6.07) is 7.61. The van der Waals surface area contributed by atoms with Crippen LogP contribution in [-0.4, -0.2) is 6.36 Å². The van der Waals surface area contributed by atoms with Crippen LogP contribution in [0.15, 0.2) is 50.7 Å². The van der Waals surface area contributed by atoms with Crippen LogP contribution in [0.3, 0.4) is 0 Å². The van der Waals surface area contributed by atoms with Gasteiger partial charge in [-0.15, -0.1) is 13.2 Å². The van der Waals surface area contributed by atoms with Gasteiger partial charge in [-0.25, -0.2) is 0 Å². The summed E-state index contributed by atoms with van der Waals surface area (Å²) in [6.07, 6.45) is -3.74. The van der Waals surface area contributed by atoms with Gasteiger partial charge in [-0.05, 0) is 76.5 Å². The highest BCUT2D eigenvalue weighted by atomic mass is 79.9. The standard InChI is InChI=1S/C19H19BrF3NOS/c1-4-11(2)10-26-18-12(3)15(9-16(24)17(18)20)13-5-7-14(8-6-13)25-19(21,22)23/h5-10H,4,24H2,1-3H3/b11-10+. The second-order valence-corrected chi connectivity index (χ2v) is 7.46. The zero-order valence-electron chi connectivity index (χ0n) is 14.6. The van der Waals surface area contributed by atoms with Gasteiger partial charge in [-0.3, -0.25) is 0 Å². The molecule has 26 heavy (non-hydrogen) atoms. The first-order valence-electron chi connectivity index (χ1n) is 7.89. The Labute approximate surface area is 163 Å². The van der Waals surface area contributed by atoms with E-state index in [9.17, 15) is 13.2 Å². The Bertz CT molecular complexity index is 817. The van der Waals surface area contributed by atoms with E-state index < -0.39 is 6.36 Å². The molecular formula is C19H19BrF3NOS. The highest BCUT2D eigenvalue weighted by Crippen LogP contribution is 2.41. The molecule has 0 atom stereocenters. The number of rotatable bonds is 5. The fourth-order valence-corrected chi connectivity index (χ4v) is 3.95. The van der Waals surface area contributed by atoms with Crippen LogP contribution in [0.1, 0.15) is 25.8 Å². The summed E-state index contributed by atoms with van der Waals surface area (Å²) < 4.78 is 41.7. The smallest absolute Gasteiger partial charge is 0.406 e. The van der Waals surface area contributed by atoms with Crippen molar-refractivity contribution >= 4 is 33.4 Å². The van der Waals surface area contributed by atoms with E-state index in [4.69, 9.17) is 5.73 Å². The van der Waals surface area contributed by atoms with Gasteiger partial charge in [0.05, 0.1) is 4.47 Å². The Morgan fingerprint density at radius 1 is 1.27 bits per heavy atom. The van der Waals surface area contributed by atoms with E-state index in [0.29, 0.717) is 5.69 Å². The van der Waals surface area contributed by atoms with E-state index in [1.807, 2.05) is 13.0 Å². The lowest BCUT2D eigenvalue weighted by Crippen LogP contribution is -2.16. The molecule has 0 fully saturated rings. The lowest BCUT2D eigenvalue weighted by molar-refractivity contribution is -0.274. The maximum atomic E-state index is 12.3. The maximum absolute atomic E-state index is 12.3. The van der Waals surface area contributed by atoms with E-state index in [1.165, 1.54) is 17.7 Å². The van der Waals surface area contributed by atoms with Gasteiger partial charge in [0.2, 0.25) is 0 Å². The number of thioether (sulfide) groups is 1. The average Bonchev–Trinajstić information content (AvgIpc) is 2.57. The highest BCUT2D eigenvalue weighted by Gasteiger charge is 2.31. The number of anilines is 1. The summed E-state index contributed by atoms with van der Waals surface area (Å²) in [5.74, 6) is -0.250. The summed E-state index contributed by atoms with van der Waals surface area (Å²) in [6.45, 7) is 6.11. The lowest BCUT2D eigenvalue weighted by Gasteiger charge is -2.15. The first-order chi connectivity index (χ1) is 12.1. The lowest BCUT2D eigenvalue weighted by atomic mass is 10.00. The predicted molar refractivity (Wildman–Crippen MR) is 105 cm³/mol. The Hall–Kier alpha value is -1.60. The Kier molecular flexibility index (Phi) is 6.69. The Morgan fingerprint density at radius 2 is 1.88 bits per heavy atom. The fourth-order valence-electron chi connectivity index (χ4n) is 2.26. The van der Waals surface area contributed by atoms with E-state index in [1.54, 1.807) is 23.9 Å². The van der Waals surface area contributed by atoms with Crippen molar-refractivity contribution in [3.63, 3.8) is 0 Å². The van der Waals surface area contributed by atoms with Crippen LogP contribution in [0.25, 0.3) is 11.1 Å². The first-order valence-corrected chi connectivity index (χ1v) is 9.56. The van der Waals surface area contributed by atoms with Crippen LogP contribution < -0.4 is 10.5 Å². The van der Waals surface area contributed by atoms with Crippen molar-refractivity contribution in [2.24, 2.45) is 0 Å². The third kappa shape index (κ3) is 5.20. The zero-order valence-corrected chi connectivity index (χ0v) is 17.0. The minimum Gasteiger partial charge on any atom is -0.406 e. The van der Waals surface area contributed by atoms with E-state index >= 15 is 0 Å². The first kappa shape index (κ1) is 20.7. The number of hydrogen-bond acceptors (Lipinski definition) is 3. The number of alkyl halides is 3. The Morgan fingerprint density at radius 3 is 2.42 bits per heavy atom. The van der Waals surface area contributed by atoms with Gasteiger partial charge < -0.3 is 10.5 Å². The number of benzene rings is 2. The summed E-state index contributed by atoms with van der Waals surface area (Å²) in [5.41, 5.74) is 10.6. The molecule has 7 heteroatoms. The molecule has 0 aliphatic carbocycles. The second-order valence-electron chi connectivity index (χ2n) is 5.79. The van der Waals surface area contributed by atoms with Crippen LogP contribution in [0.4, 0.5) is 18.9 Å². The molecule has 0 unspecified atom stereocenters. The molecule has 2 aromatic carbocycles. The SMILES string of the molecule is CC/C(C)=C/Sc1c(C)c(-c2ccc(OC(F)(F)F)cc2)cc(N)c1Br. The molecule has 0 saturated heterocycles. The van der Waals surface area contributed by atoms with Crippen molar-refractivity contribution in [2.75, 3.05) is 5.73 Å². The van der Waals surface area contributed by atoms with Crippen LogP contribution in [-0.2, 0) is 0 Å². The minimum atomic E-state index is -4.70. The number of hydrogen-bond donors (Lipinski definition) is 1. The molecule has 0 spiro atoms. The highest BCUT2D eigenvalue weighted by molar-refractivity contribution is 9.10. The van der Waals surface area contributed by atoms with Crippen molar-refractivity contribution < 1.29 is 17.9 Å². The van der Waals surface area contributed by atoms with Gasteiger partial charge >= 0.3 is 6.36 Å². The number of nitrogens with two attached hydrogens (primary N) is 1. The van der Waals surface area contributed by atoms with Gasteiger partial charge in [0.15, 0.2) is 0 Å². The van der Waals surface area contributed by atoms with Crippen LogP contribution in [0.5, 0.6) is 5.75 Å². The van der Waals surface area contributed by atoms with Gasteiger partial charge in [-0.1, -0.05) is 36.4 Å². The topological polar surface area (TPSA) is 35.2 Å². The molecule has 0 saturated carbocycles. The summed E-state index contributed by atoms with van der Waals surface area (Å²) in [5, 5.41) is 2.08. The van der Waals surface area contributed by atoms with Crippen molar-refractivity contribution in [1.82, 2.24) is 0 Å². The van der Waals surface area contributed by atoms with E-state index in [0.717, 1.165) is 32.5 Å². The maximum Gasteiger partial charge on any atom is 0.573 e. The van der Waals surface area contributed by atoms with Gasteiger partial charge in [0, 0.05) is 10.6 Å². The number of nitrogen functional groups attached to an aromatic ring is 1. The number of ether oxygens (including phenoxy) is 1. The fraction of sp³-hybridized carbons (Fsp3) is 0.263. The molecule has 0 aliphatic heterocycles. The molecule has 2 N–H and O–H groups in total. The van der Waals surface area contributed by atoms with Crippen LogP contribution in [0, 0.1) is 6.92 Å². The Balaban J connectivity index is 2.42. The van der Waals surface area contributed by atoms with Crippen molar-refractivity contribution in [1.29, 1.82) is 0 Å². The van der Waals surface area contributed by atoms with Crippen LogP contribution >= 0.6 is 27.7 Å². The van der Waals surface area contributed by atoms with Gasteiger partial charge in [-0.2, -0.15) is 0 Å². The average molecular weight is 446 g/mol. The van der Waals surface area contributed by atoms with E-state index in [-0.39, 0.29) is 5.75 Å². The monoisotopic (exact) mass is 445 g/mol. The summed E-state index contributed by atoms with van der Waals surface area (Å²) in [7, 11) is 0. The molecule has 0 aliphatic rings. The summed E-state index contributed by atoms with van der Waals surface area (Å²) >= 11 is 5.11. The third-order valence-electron chi connectivity index (χ3n) is 3.83. The van der Waals surface area contributed by atoms with Gasteiger partial charge in [0.1, 0.15) is 5.75 Å². The van der Waals surface area contributed by atoms with Crippen molar-refractivity contribution in [3.8, 4) is 16.9 Å². The molecule has 0 bridgehead atoms. The molecule has 0 aromatic heterocycles. The minimum absolute atomic E-state index is 0.250. The van der Waals surface area contributed by atoms with Gasteiger partial charge in [0.25, 0.3) is 0 Å². The molecule has 0 radical (unpaired) electrons. The van der Waals surface area contributed by atoms with Crippen molar-refractivity contribution in [2.45, 2.75) is 38.4 Å². The largest absolute Gasteiger partial charge is 0.573 e. The molecule has 2 nitrogen and oxygen atoms in total. The molecule has 0 heterocycles. The van der Waals surface area contributed by atoms with Crippen LogP contribution in [0.2, 0.25) is 0 Å². The predicted octanol–water partition coefficient (Wildman–Crippen LogP) is 7.31. The summed E-state index contributed by atoms with van der Waals surface area (Å²) in [4.78, 5) is 0.989. The normalized spacial score (nSPS) is 12.3. The van der Waals surface area contributed by atoms with E-state index in [2.05, 4.69) is 39.9 Å². The second kappa shape index (κ2) is 8.39. The van der Waals surface area contributed by atoms with Crippen molar-refractivity contribution in [3.05, 3.63) is 51.3 Å². The molecule has 140 valence electrons. The quantitative estimate of drug-likeness (QED) is 0.386. The number of allylic oxidation sites excluding steroid dienone is 1. The number of halogens is 4. The molecular weight excluding hydrogens is 427 g/mol. The molecule has 2 aromatic rings. The molecule has 0 amide bonds. The third-order valence-corrected chi connectivity index (χ3v) is 6.21. The zero-order chi connectivity index (χ0) is 19.5. The molecule has 2 rings (SSSR count).